The molecule has 0 atom stereocenters. The van der Waals surface area contributed by atoms with Gasteiger partial charge in [0.05, 0.1) is 36.8 Å². The van der Waals surface area contributed by atoms with Gasteiger partial charge in [0.15, 0.2) is 0 Å². The molecule has 8 heteroatoms. The SMILES string of the molecule is Cc1cc(-n2[nH]c(C)c(C=NC34CN5CN(CN(C5)C3)C4)c2=O)ccc1Br. The van der Waals surface area contributed by atoms with Gasteiger partial charge in [-0.2, -0.15) is 0 Å². The van der Waals surface area contributed by atoms with Gasteiger partial charge in [-0.15, -0.1) is 0 Å². The van der Waals surface area contributed by atoms with E-state index in [0.717, 1.165) is 61.1 Å². The Morgan fingerprint density at radius 1 is 1.11 bits per heavy atom. The molecule has 0 aliphatic carbocycles. The molecule has 0 radical (unpaired) electrons. The molecule has 5 heterocycles. The van der Waals surface area contributed by atoms with Gasteiger partial charge in [-0.25, -0.2) is 4.68 Å². The molecule has 142 valence electrons. The molecule has 4 saturated heterocycles. The lowest BCUT2D eigenvalue weighted by Gasteiger charge is -2.59. The normalized spacial score (nSPS) is 31.9. The summed E-state index contributed by atoms with van der Waals surface area (Å²) >= 11 is 3.51. The van der Waals surface area contributed by atoms with Gasteiger partial charge in [0, 0.05) is 36.0 Å². The average Bonchev–Trinajstić information content (AvgIpc) is 2.89. The van der Waals surface area contributed by atoms with Crippen LogP contribution in [0.15, 0.2) is 32.5 Å². The molecule has 1 N–H and O–H groups in total. The van der Waals surface area contributed by atoms with Gasteiger partial charge in [-0.1, -0.05) is 15.9 Å². The van der Waals surface area contributed by atoms with Crippen LogP contribution in [0.2, 0.25) is 0 Å². The fourth-order valence-electron chi connectivity index (χ4n) is 4.67. The number of nitrogens with one attached hydrogen (secondary N) is 1. The summed E-state index contributed by atoms with van der Waals surface area (Å²) in [5.74, 6) is 0. The summed E-state index contributed by atoms with van der Waals surface area (Å²) in [6.45, 7) is 9.97. The van der Waals surface area contributed by atoms with Crippen molar-refractivity contribution in [2.45, 2.75) is 19.4 Å². The van der Waals surface area contributed by atoms with E-state index in [1.807, 2.05) is 32.0 Å². The maximum Gasteiger partial charge on any atom is 0.280 e. The molecule has 2 aromatic rings. The topological polar surface area (TPSA) is 59.9 Å². The van der Waals surface area contributed by atoms with Crippen molar-refractivity contribution in [1.29, 1.82) is 0 Å². The first-order valence-corrected chi connectivity index (χ1v) is 10.0. The zero-order valence-electron chi connectivity index (χ0n) is 15.6. The first-order valence-electron chi connectivity index (χ1n) is 9.23. The number of aliphatic imine (C=N–C) groups is 1. The molecule has 4 fully saturated rings. The summed E-state index contributed by atoms with van der Waals surface area (Å²) < 4.78 is 2.64. The minimum atomic E-state index is -0.121. The molecule has 4 bridgehead atoms. The van der Waals surface area contributed by atoms with Crippen molar-refractivity contribution >= 4 is 22.1 Å². The number of hydrogen-bond acceptors (Lipinski definition) is 5. The Morgan fingerprint density at radius 3 is 2.33 bits per heavy atom. The van der Waals surface area contributed by atoms with Crippen molar-refractivity contribution in [2.75, 3.05) is 39.6 Å². The van der Waals surface area contributed by atoms with Crippen molar-refractivity contribution in [3.8, 4) is 5.69 Å². The third-order valence-corrected chi connectivity index (χ3v) is 6.63. The second-order valence-corrected chi connectivity index (χ2v) is 8.97. The van der Waals surface area contributed by atoms with Crippen molar-refractivity contribution in [1.82, 2.24) is 24.5 Å². The molecule has 27 heavy (non-hydrogen) atoms. The Kier molecular flexibility index (Phi) is 3.94. The Balaban J connectivity index is 1.48. The highest BCUT2D eigenvalue weighted by atomic mass is 79.9. The second-order valence-electron chi connectivity index (χ2n) is 8.12. The van der Waals surface area contributed by atoms with Gasteiger partial charge in [-0.3, -0.25) is 29.6 Å². The number of rotatable bonds is 3. The van der Waals surface area contributed by atoms with Crippen molar-refractivity contribution in [2.24, 2.45) is 4.99 Å². The maximum atomic E-state index is 13.0. The van der Waals surface area contributed by atoms with E-state index in [1.165, 1.54) is 0 Å². The highest BCUT2D eigenvalue weighted by molar-refractivity contribution is 9.10. The summed E-state index contributed by atoms with van der Waals surface area (Å²) in [5, 5.41) is 3.20. The van der Waals surface area contributed by atoms with Gasteiger partial charge in [0.25, 0.3) is 5.56 Å². The lowest BCUT2D eigenvalue weighted by molar-refractivity contribution is -0.139. The van der Waals surface area contributed by atoms with Crippen LogP contribution in [0.3, 0.4) is 0 Å². The van der Waals surface area contributed by atoms with Crippen LogP contribution in [0.4, 0.5) is 0 Å². The third kappa shape index (κ3) is 2.91. The number of benzene rings is 1. The van der Waals surface area contributed by atoms with E-state index >= 15 is 0 Å². The lowest BCUT2D eigenvalue weighted by atomic mass is 9.91. The van der Waals surface area contributed by atoms with Crippen LogP contribution in [0.1, 0.15) is 16.8 Å². The van der Waals surface area contributed by atoms with Gasteiger partial charge in [-0.05, 0) is 37.6 Å². The molecule has 0 saturated carbocycles. The van der Waals surface area contributed by atoms with E-state index in [2.05, 4.69) is 35.7 Å². The molecular weight excluding hydrogens is 408 g/mol. The monoisotopic (exact) mass is 430 g/mol. The first-order chi connectivity index (χ1) is 12.9. The summed E-state index contributed by atoms with van der Waals surface area (Å²) in [5.41, 5.74) is 3.24. The second kappa shape index (κ2) is 6.13. The third-order valence-electron chi connectivity index (χ3n) is 5.74. The predicted molar refractivity (Wildman–Crippen MR) is 109 cm³/mol. The van der Waals surface area contributed by atoms with Gasteiger partial charge >= 0.3 is 0 Å². The standard InChI is InChI=1S/C19H23BrN6O/c1-13-5-15(3-4-17(13)20)26-18(27)16(14(2)22-26)6-21-19-7-23-10-24(8-19)12-25(9-19)11-23/h3-6,22H,7-12H2,1-2H3. The van der Waals surface area contributed by atoms with E-state index < -0.39 is 0 Å². The molecule has 7 nitrogen and oxygen atoms in total. The summed E-state index contributed by atoms with van der Waals surface area (Å²) in [6, 6.07) is 5.89. The predicted octanol–water partition coefficient (Wildman–Crippen LogP) is 1.52. The number of halogens is 1. The molecule has 4 aliphatic heterocycles. The number of aromatic nitrogens is 2. The highest BCUT2D eigenvalue weighted by Gasteiger charge is 2.48. The van der Waals surface area contributed by atoms with Crippen LogP contribution in [0, 0.1) is 13.8 Å². The number of H-pyrrole nitrogens is 1. The van der Waals surface area contributed by atoms with E-state index in [0.29, 0.717) is 5.56 Å². The fourth-order valence-corrected chi connectivity index (χ4v) is 4.91. The van der Waals surface area contributed by atoms with E-state index in [-0.39, 0.29) is 11.1 Å². The Bertz CT molecular complexity index is 955. The maximum absolute atomic E-state index is 13.0. The summed E-state index contributed by atoms with van der Waals surface area (Å²) in [6.07, 6.45) is 1.80. The first kappa shape index (κ1) is 17.4. The number of aromatic amines is 1. The van der Waals surface area contributed by atoms with Crippen LogP contribution >= 0.6 is 15.9 Å². The molecule has 1 aromatic heterocycles. The Morgan fingerprint density at radius 2 is 1.74 bits per heavy atom. The van der Waals surface area contributed by atoms with Crippen molar-refractivity contribution in [3.05, 3.63) is 49.8 Å². The molecule has 6 rings (SSSR count). The average molecular weight is 431 g/mol. The highest BCUT2D eigenvalue weighted by Crippen LogP contribution is 2.31. The van der Waals surface area contributed by atoms with Crippen molar-refractivity contribution in [3.63, 3.8) is 0 Å². The van der Waals surface area contributed by atoms with Crippen LogP contribution in [0.25, 0.3) is 5.69 Å². The fraction of sp³-hybridized carbons (Fsp3) is 0.474. The minimum Gasteiger partial charge on any atom is -0.295 e. The quantitative estimate of drug-likeness (QED) is 0.749. The van der Waals surface area contributed by atoms with E-state index in [1.54, 1.807) is 10.9 Å². The van der Waals surface area contributed by atoms with Crippen LogP contribution in [-0.2, 0) is 0 Å². The zero-order chi connectivity index (χ0) is 18.8. The van der Waals surface area contributed by atoms with E-state index in [4.69, 9.17) is 4.99 Å². The largest absolute Gasteiger partial charge is 0.295 e. The van der Waals surface area contributed by atoms with Crippen molar-refractivity contribution < 1.29 is 0 Å². The zero-order valence-corrected chi connectivity index (χ0v) is 17.2. The Hall–Kier alpha value is -1.74. The minimum absolute atomic E-state index is 0.0522. The summed E-state index contributed by atoms with van der Waals surface area (Å²) in [4.78, 5) is 25.2. The Labute approximate surface area is 166 Å². The molecule has 0 spiro atoms. The van der Waals surface area contributed by atoms with Crippen LogP contribution in [-0.4, -0.2) is 75.9 Å². The molecule has 1 aromatic carbocycles. The van der Waals surface area contributed by atoms with Gasteiger partial charge in [0.2, 0.25) is 0 Å². The summed E-state index contributed by atoms with van der Waals surface area (Å²) in [7, 11) is 0. The van der Waals surface area contributed by atoms with Crippen LogP contribution < -0.4 is 5.56 Å². The van der Waals surface area contributed by atoms with Gasteiger partial charge in [0.1, 0.15) is 0 Å². The number of nitrogens with zero attached hydrogens (tertiary/aromatic N) is 5. The molecule has 4 aliphatic rings. The van der Waals surface area contributed by atoms with Gasteiger partial charge < -0.3 is 0 Å². The molecule has 0 unspecified atom stereocenters. The molecular formula is C19H23BrN6O. The number of aryl methyl sites for hydroxylation is 2. The lowest BCUT2D eigenvalue weighted by Crippen LogP contribution is -2.75. The van der Waals surface area contributed by atoms with Crippen LogP contribution in [0.5, 0.6) is 0 Å². The number of hydrogen-bond donors (Lipinski definition) is 1. The smallest absolute Gasteiger partial charge is 0.280 e. The molecule has 0 amide bonds. The van der Waals surface area contributed by atoms with E-state index in [9.17, 15) is 4.79 Å².